The number of hydrogen-bond donors (Lipinski definition) is 1. The van der Waals surface area contributed by atoms with Crippen LogP contribution in [0.1, 0.15) is 39.0 Å². The highest BCUT2D eigenvalue weighted by Crippen LogP contribution is 2.31. The molecule has 100 valence electrons. The predicted octanol–water partition coefficient (Wildman–Crippen LogP) is 3.02. The van der Waals surface area contributed by atoms with Gasteiger partial charge in [0.1, 0.15) is 6.10 Å². The van der Waals surface area contributed by atoms with Crippen LogP contribution in [-0.2, 0) is 0 Å². The van der Waals surface area contributed by atoms with Gasteiger partial charge in [-0.05, 0) is 37.7 Å². The average Bonchev–Trinajstić information content (AvgIpc) is 2.41. The van der Waals surface area contributed by atoms with Crippen molar-refractivity contribution in [3.8, 4) is 11.8 Å². The highest BCUT2D eigenvalue weighted by molar-refractivity contribution is 5.49. The first-order valence-corrected chi connectivity index (χ1v) is 6.71. The van der Waals surface area contributed by atoms with Gasteiger partial charge in [0.15, 0.2) is 0 Å². The summed E-state index contributed by atoms with van der Waals surface area (Å²) in [6.45, 7) is 2.23. The van der Waals surface area contributed by atoms with Crippen LogP contribution in [0.2, 0.25) is 0 Å². The number of aromatic nitrogens is 1. The maximum Gasteiger partial charge on any atom is 0.240 e. The Balaban J connectivity index is 2.07. The van der Waals surface area contributed by atoms with Crippen LogP contribution < -0.4 is 15.2 Å². The third kappa shape index (κ3) is 2.86. The van der Waals surface area contributed by atoms with Crippen molar-refractivity contribution in [2.45, 2.75) is 45.1 Å². The van der Waals surface area contributed by atoms with E-state index in [9.17, 15) is 0 Å². The first-order chi connectivity index (χ1) is 8.74. The number of anilines is 1. The molecule has 1 aromatic heterocycles. The smallest absolute Gasteiger partial charge is 0.240 e. The molecule has 1 heterocycles. The largest absolute Gasteiger partial charge is 0.479 e. The molecule has 0 aliphatic heterocycles. The van der Waals surface area contributed by atoms with Crippen molar-refractivity contribution in [1.29, 1.82) is 0 Å². The fraction of sp³-hybridized carbons (Fsp3) is 0.643. The molecule has 2 atom stereocenters. The third-order valence-corrected chi connectivity index (χ3v) is 3.69. The second-order valence-electron chi connectivity index (χ2n) is 4.86. The van der Waals surface area contributed by atoms with E-state index < -0.39 is 0 Å². The van der Waals surface area contributed by atoms with Crippen molar-refractivity contribution < 1.29 is 9.47 Å². The lowest BCUT2D eigenvalue weighted by molar-refractivity contribution is 0.0852. The summed E-state index contributed by atoms with van der Waals surface area (Å²) in [5, 5.41) is 0. The second kappa shape index (κ2) is 5.94. The molecule has 0 aromatic carbocycles. The Hall–Kier alpha value is -1.45. The van der Waals surface area contributed by atoms with Crippen molar-refractivity contribution in [3.05, 3.63) is 12.1 Å². The van der Waals surface area contributed by atoms with Crippen molar-refractivity contribution in [1.82, 2.24) is 4.98 Å². The van der Waals surface area contributed by atoms with E-state index in [0.717, 1.165) is 12.8 Å². The monoisotopic (exact) mass is 250 g/mol. The lowest BCUT2D eigenvalue weighted by atomic mass is 9.85. The fourth-order valence-corrected chi connectivity index (χ4v) is 2.61. The van der Waals surface area contributed by atoms with Crippen LogP contribution in [0.4, 0.5) is 5.69 Å². The zero-order valence-corrected chi connectivity index (χ0v) is 11.2. The van der Waals surface area contributed by atoms with Crippen LogP contribution in [0, 0.1) is 5.92 Å². The van der Waals surface area contributed by atoms with Crippen LogP contribution >= 0.6 is 0 Å². The molecule has 4 nitrogen and oxygen atoms in total. The molecule has 2 unspecified atom stereocenters. The van der Waals surface area contributed by atoms with Gasteiger partial charge in [0.05, 0.1) is 12.8 Å². The van der Waals surface area contributed by atoms with Crippen LogP contribution in [-0.4, -0.2) is 18.2 Å². The van der Waals surface area contributed by atoms with Crippen molar-refractivity contribution in [3.63, 3.8) is 0 Å². The minimum absolute atomic E-state index is 0.282. The molecule has 4 heteroatoms. The molecule has 2 N–H and O–H groups in total. The summed E-state index contributed by atoms with van der Waals surface area (Å²) in [4.78, 5) is 4.28. The molecular formula is C14H22N2O2. The maximum absolute atomic E-state index is 6.01. The maximum atomic E-state index is 6.01. The summed E-state index contributed by atoms with van der Waals surface area (Å²) in [6.07, 6.45) is 6.38. The normalized spacial score (nSPS) is 23.7. The molecule has 1 fully saturated rings. The number of nitrogen functional groups attached to an aromatic ring is 1. The van der Waals surface area contributed by atoms with Gasteiger partial charge < -0.3 is 15.2 Å². The summed E-state index contributed by atoms with van der Waals surface area (Å²) in [6, 6.07) is 3.60. The molecule has 1 aromatic rings. The van der Waals surface area contributed by atoms with Crippen LogP contribution in [0.3, 0.4) is 0 Å². The molecule has 0 bridgehead atoms. The molecule has 0 spiro atoms. The summed E-state index contributed by atoms with van der Waals surface area (Å²) in [5.74, 6) is 1.70. The molecule has 1 aliphatic carbocycles. The van der Waals surface area contributed by atoms with Crippen molar-refractivity contribution >= 4 is 5.69 Å². The molecule has 0 amide bonds. The van der Waals surface area contributed by atoms with Crippen LogP contribution in [0.25, 0.3) is 0 Å². The van der Waals surface area contributed by atoms with Gasteiger partial charge in [-0.15, -0.1) is 0 Å². The molecule has 1 aliphatic rings. The second-order valence-corrected chi connectivity index (χ2v) is 4.86. The summed E-state index contributed by atoms with van der Waals surface area (Å²) < 4.78 is 11.1. The summed E-state index contributed by atoms with van der Waals surface area (Å²) in [5.41, 5.74) is 6.29. The van der Waals surface area contributed by atoms with E-state index in [0.29, 0.717) is 23.4 Å². The van der Waals surface area contributed by atoms with Gasteiger partial charge in [-0.25, -0.2) is 0 Å². The Labute approximate surface area is 108 Å². The number of pyridine rings is 1. The van der Waals surface area contributed by atoms with Gasteiger partial charge in [0.2, 0.25) is 11.8 Å². The first kappa shape index (κ1) is 13.0. The molecule has 0 saturated heterocycles. The Morgan fingerprint density at radius 2 is 2.11 bits per heavy atom. The van der Waals surface area contributed by atoms with Crippen LogP contribution in [0.15, 0.2) is 12.1 Å². The van der Waals surface area contributed by atoms with Gasteiger partial charge in [-0.2, -0.15) is 4.98 Å². The highest BCUT2D eigenvalue weighted by Gasteiger charge is 2.25. The lowest BCUT2D eigenvalue weighted by Crippen LogP contribution is -2.30. The topological polar surface area (TPSA) is 57.4 Å². The Kier molecular flexibility index (Phi) is 4.28. The van der Waals surface area contributed by atoms with E-state index in [4.69, 9.17) is 15.2 Å². The standard InChI is InChI=1S/C14H22N2O2/c1-3-10-6-4-5-7-12(10)18-13-9-8-11(15)14(16-13)17-2/h8-10,12H,3-7,15H2,1-2H3. The lowest BCUT2D eigenvalue weighted by Gasteiger charge is -2.30. The first-order valence-electron chi connectivity index (χ1n) is 6.71. The number of hydrogen-bond acceptors (Lipinski definition) is 4. The number of methoxy groups -OCH3 is 1. The predicted molar refractivity (Wildman–Crippen MR) is 71.9 cm³/mol. The van der Waals surface area contributed by atoms with Gasteiger partial charge in [-0.1, -0.05) is 13.3 Å². The Bertz CT molecular complexity index is 395. The minimum atomic E-state index is 0.282. The van der Waals surface area contributed by atoms with E-state index in [1.54, 1.807) is 13.2 Å². The van der Waals surface area contributed by atoms with E-state index in [-0.39, 0.29) is 6.10 Å². The third-order valence-electron chi connectivity index (χ3n) is 3.69. The van der Waals surface area contributed by atoms with E-state index in [1.807, 2.05) is 6.07 Å². The number of rotatable bonds is 4. The zero-order chi connectivity index (χ0) is 13.0. The SMILES string of the molecule is CCC1CCCCC1Oc1ccc(N)c(OC)n1. The highest BCUT2D eigenvalue weighted by atomic mass is 16.5. The molecule has 0 radical (unpaired) electrons. The van der Waals surface area contributed by atoms with Gasteiger partial charge in [0, 0.05) is 6.07 Å². The summed E-state index contributed by atoms with van der Waals surface area (Å²) >= 11 is 0. The van der Waals surface area contributed by atoms with E-state index in [1.165, 1.54) is 19.3 Å². The Morgan fingerprint density at radius 3 is 2.83 bits per heavy atom. The number of nitrogens with zero attached hydrogens (tertiary/aromatic N) is 1. The number of ether oxygens (including phenoxy) is 2. The fourth-order valence-electron chi connectivity index (χ4n) is 2.61. The van der Waals surface area contributed by atoms with Crippen molar-refractivity contribution in [2.75, 3.05) is 12.8 Å². The van der Waals surface area contributed by atoms with E-state index >= 15 is 0 Å². The van der Waals surface area contributed by atoms with Gasteiger partial charge >= 0.3 is 0 Å². The van der Waals surface area contributed by atoms with Gasteiger partial charge in [0.25, 0.3) is 0 Å². The molecule has 18 heavy (non-hydrogen) atoms. The zero-order valence-electron chi connectivity index (χ0n) is 11.2. The minimum Gasteiger partial charge on any atom is -0.479 e. The molecule has 2 rings (SSSR count). The van der Waals surface area contributed by atoms with Crippen LogP contribution in [0.5, 0.6) is 11.8 Å². The van der Waals surface area contributed by atoms with Gasteiger partial charge in [-0.3, -0.25) is 0 Å². The molecular weight excluding hydrogens is 228 g/mol. The average molecular weight is 250 g/mol. The quantitative estimate of drug-likeness (QED) is 0.892. The van der Waals surface area contributed by atoms with E-state index in [2.05, 4.69) is 11.9 Å². The van der Waals surface area contributed by atoms with Crippen molar-refractivity contribution in [2.24, 2.45) is 5.92 Å². The summed E-state index contributed by atoms with van der Waals surface area (Å²) in [7, 11) is 1.57. The number of nitrogens with two attached hydrogens (primary N) is 1. The molecule has 1 saturated carbocycles. The Morgan fingerprint density at radius 1 is 1.33 bits per heavy atom.